The van der Waals surface area contributed by atoms with Gasteiger partial charge in [0.25, 0.3) is 0 Å². The van der Waals surface area contributed by atoms with Crippen molar-refractivity contribution < 1.29 is 19.1 Å². The Morgan fingerprint density at radius 3 is 1.83 bits per heavy atom. The molecule has 0 atom stereocenters. The minimum absolute atomic E-state index is 0.0886. The van der Waals surface area contributed by atoms with Crippen molar-refractivity contribution in [1.29, 1.82) is 0 Å². The molecule has 0 saturated carbocycles. The molecule has 102 valence electrons. The fourth-order valence-corrected chi connectivity index (χ4v) is 1.29. The van der Waals surface area contributed by atoms with Crippen LogP contribution in [0.1, 0.15) is 20.8 Å². The summed E-state index contributed by atoms with van der Waals surface area (Å²) in [5.74, 6) is -1.33. The summed E-state index contributed by atoms with van der Waals surface area (Å²) in [4.78, 5) is 25.1. The third-order valence-electron chi connectivity index (χ3n) is 1.82. The van der Waals surface area contributed by atoms with E-state index >= 15 is 0 Å². The van der Waals surface area contributed by atoms with Gasteiger partial charge in [-0.1, -0.05) is 0 Å². The topological polar surface area (TPSA) is 55.8 Å². The molecule has 0 N–H and O–H groups in total. The zero-order chi connectivity index (χ0) is 14.1. The average molecular weight is 255 g/mol. The van der Waals surface area contributed by atoms with Crippen LogP contribution in [0.5, 0.6) is 0 Å². The lowest BCUT2D eigenvalue weighted by molar-refractivity contribution is -0.146. The van der Waals surface area contributed by atoms with Gasteiger partial charge in [-0.3, -0.25) is 0 Å². The Morgan fingerprint density at radius 2 is 1.50 bits per heavy atom. The van der Waals surface area contributed by atoms with Crippen LogP contribution in [0.2, 0.25) is 0 Å². The Kier molecular flexibility index (Phi) is 7.51. The summed E-state index contributed by atoms with van der Waals surface area (Å²) in [7, 11) is 3.71. The van der Waals surface area contributed by atoms with Crippen molar-refractivity contribution in [3.63, 3.8) is 0 Å². The predicted molar refractivity (Wildman–Crippen MR) is 68.8 cm³/mol. The SMILES string of the molecule is CCOC(=O)C(=CC(C)=CN(C)C)C(=O)OCC. The van der Waals surface area contributed by atoms with Crippen LogP contribution in [0.3, 0.4) is 0 Å². The Bertz CT molecular complexity index is 336. The number of carbonyl (C=O) groups excluding carboxylic acids is 2. The lowest BCUT2D eigenvalue weighted by Crippen LogP contribution is -2.18. The first-order valence-corrected chi connectivity index (χ1v) is 5.83. The minimum atomic E-state index is -0.664. The van der Waals surface area contributed by atoms with E-state index in [9.17, 15) is 9.59 Å². The fourth-order valence-electron chi connectivity index (χ4n) is 1.29. The van der Waals surface area contributed by atoms with Gasteiger partial charge in [0.05, 0.1) is 13.2 Å². The van der Waals surface area contributed by atoms with Gasteiger partial charge in [-0.05, 0) is 32.4 Å². The molecule has 0 saturated heterocycles. The summed E-state index contributed by atoms with van der Waals surface area (Å²) in [5, 5.41) is 0. The van der Waals surface area contributed by atoms with Crippen LogP contribution in [-0.4, -0.2) is 44.1 Å². The van der Waals surface area contributed by atoms with Crippen LogP contribution in [0.25, 0.3) is 0 Å². The van der Waals surface area contributed by atoms with Crippen molar-refractivity contribution in [3.8, 4) is 0 Å². The van der Waals surface area contributed by atoms with Gasteiger partial charge in [0, 0.05) is 20.3 Å². The van der Waals surface area contributed by atoms with Gasteiger partial charge in [0.15, 0.2) is 0 Å². The normalized spacial score (nSPS) is 10.6. The zero-order valence-corrected chi connectivity index (χ0v) is 11.6. The minimum Gasteiger partial charge on any atom is -0.462 e. The second kappa shape index (κ2) is 8.33. The number of ether oxygens (including phenoxy) is 2. The van der Waals surface area contributed by atoms with Crippen molar-refractivity contribution in [1.82, 2.24) is 4.90 Å². The highest BCUT2D eigenvalue weighted by molar-refractivity contribution is 6.14. The van der Waals surface area contributed by atoms with Gasteiger partial charge in [-0.15, -0.1) is 0 Å². The molecule has 0 aromatic heterocycles. The van der Waals surface area contributed by atoms with Crippen molar-refractivity contribution >= 4 is 11.9 Å². The van der Waals surface area contributed by atoms with Crippen molar-refractivity contribution in [2.45, 2.75) is 20.8 Å². The Balaban J connectivity index is 5.14. The van der Waals surface area contributed by atoms with Crippen LogP contribution in [-0.2, 0) is 19.1 Å². The molecule has 5 nitrogen and oxygen atoms in total. The number of allylic oxidation sites excluding steroid dienone is 2. The van der Waals surface area contributed by atoms with Crippen molar-refractivity contribution in [3.05, 3.63) is 23.4 Å². The molecule has 5 heteroatoms. The Labute approximate surface area is 108 Å². The molecule has 0 aliphatic heterocycles. The van der Waals surface area contributed by atoms with E-state index in [2.05, 4.69) is 0 Å². The fraction of sp³-hybridized carbons (Fsp3) is 0.538. The molecule has 0 fully saturated rings. The predicted octanol–water partition coefficient (Wildman–Crippen LogP) is 1.50. The van der Waals surface area contributed by atoms with E-state index in [1.165, 1.54) is 6.08 Å². The maximum absolute atomic E-state index is 11.6. The second-order valence-electron chi connectivity index (χ2n) is 3.84. The molecule has 0 spiro atoms. The highest BCUT2D eigenvalue weighted by Crippen LogP contribution is 2.07. The van der Waals surface area contributed by atoms with Crippen molar-refractivity contribution in [2.75, 3.05) is 27.3 Å². The molecule has 0 aromatic rings. The number of hydrogen-bond donors (Lipinski definition) is 0. The first-order chi connectivity index (χ1) is 8.42. The third-order valence-corrected chi connectivity index (χ3v) is 1.82. The Morgan fingerprint density at radius 1 is 1.06 bits per heavy atom. The molecule has 0 aliphatic carbocycles. The van der Waals surface area contributed by atoms with Crippen LogP contribution in [0, 0.1) is 0 Å². The van der Waals surface area contributed by atoms with E-state index < -0.39 is 11.9 Å². The monoisotopic (exact) mass is 255 g/mol. The summed E-state index contributed by atoms with van der Waals surface area (Å²) in [6, 6.07) is 0. The van der Waals surface area contributed by atoms with Crippen molar-refractivity contribution in [2.24, 2.45) is 0 Å². The standard InChI is InChI=1S/C13H21NO4/c1-6-17-12(15)11(13(16)18-7-2)8-10(3)9-14(4)5/h8-9H,6-7H2,1-5H3. The summed E-state index contributed by atoms with van der Waals surface area (Å²) in [6.07, 6.45) is 3.26. The molecule has 0 amide bonds. The molecule has 18 heavy (non-hydrogen) atoms. The molecular formula is C13H21NO4. The largest absolute Gasteiger partial charge is 0.462 e. The van der Waals surface area contributed by atoms with Gasteiger partial charge in [-0.2, -0.15) is 0 Å². The van der Waals surface area contributed by atoms with Crippen LogP contribution in [0.4, 0.5) is 0 Å². The number of rotatable bonds is 6. The summed E-state index contributed by atoms with van der Waals surface area (Å²) >= 11 is 0. The molecule has 0 bridgehead atoms. The van der Waals surface area contributed by atoms with Crippen LogP contribution < -0.4 is 0 Å². The number of nitrogens with zero attached hydrogens (tertiary/aromatic N) is 1. The number of carbonyl (C=O) groups is 2. The first kappa shape index (κ1) is 16.2. The molecule has 0 aliphatic rings. The maximum Gasteiger partial charge on any atom is 0.345 e. The van der Waals surface area contributed by atoms with E-state index in [0.29, 0.717) is 0 Å². The highest BCUT2D eigenvalue weighted by Gasteiger charge is 2.20. The molecule has 0 unspecified atom stereocenters. The molecule has 0 heterocycles. The quantitative estimate of drug-likeness (QED) is 0.237. The van der Waals surface area contributed by atoms with Crippen LogP contribution >= 0.6 is 0 Å². The van der Waals surface area contributed by atoms with Gasteiger partial charge >= 0.3 is 11.9 Å². The van der Waals surface area contributed by atoms with Gasteiger partial charge in [0.1, 0.15) is 5.57 Å². The zero-order valence-electron chi connectivity index (χ0n) is 11.6. The molecule has 0 radical (unpaired) electrons. The smallest absolute Gasteiger partial charge is 0.345 e. The third kappa shape index (κ3) is 6.08. The lowest BCUT2D eigenvalue weighted by atomic mass is 10.2. The van der Waals surface area contributed by atoms with E-state index in [1.54, 1.807) is 27.0 Å². The number of hydrogen-bond acceptors (Lipinski definition) is 5. The van der Waals surface area contributed by atoms with E-state index in [1.807, 2.05) is 19.0 Å². The first-order valence-electron chi connectivity index (χ1n) is 5.83. The van der Waals surface area contributed by atoms with E-state index in [4.69, 9.17) is 9.47 Å². The summed E-state index contributed by atoms with van der Waals surface area (Å²) < 4.78 is 9.66. The molecule has 0 rings (SSSR count). The number of esters is 2. The highest BCUT2D eigenvalue weighted by atomic mass is 16.6. The molecular weight excluding hydrogens is 234 g/mol. The summed E-state index contributed by atoms with van der Waals surface area (Å²) in [5.41, 5.74) is 0.672. The average Bonchev–Trinajstić information content (AvgIpc) is 2.25. The van der Waals surface area contributed by atoms with Gasteiger partial charge < -0.3 is 14.4 Å². The van der Waals surface area contributed by atoms with Crippen LogP contribution in [0.15, 0.2) is 23.4 Å². The Hall–Kier alpha value is -1.78. The molecule has 0 aromatic carbocycles. The second-order valence-corrected chi connectivity index (χ2v) is 3.84. The van der Waals surface area contributed by atoms with Gasteiger partial charge in [-0.25, -0.2) is 9.59 Å². The van der Waals surface area contributed by atoms with E-state index in [-0.39, 0.29) is 18.8 Å². The summed E-state index contributed by atoms with van der Waals surface area (Å²) in [6.45, 7) is 5.59. The van der Waals surface area contributed by atoms with Gasteiger partial charge in [0.2, 0.25) is 0 Å². The van der Waals surface area contributed by atoms with E-state index in [0.717, 1.165) is 5.57 Å². The maximum atomic E-state index is 11.6. The lowest BCUT2D eigenvalue weighted by Gasteiger charge is -2.08.